The molecule has 2 aromatic rings. The van der Waals surface area contributed by atoms with Gasteiger partial charge >= 0.3 is 5.97 Å². The second kappa shape index (κ2) is 8.23. The molecule has 0 atom stereocenters. The molecule has 138 valence electrons. The van der Waals surface area contributed by atoms with Gasteiger partial charge in [-0.3, -0.25) is 4.79 Å². The number of carbonyl (C=O) groups is 2. The predicted molar refractivity (Wildman–Crippen MR) is 102 cm³/mol. The van der Waals surface area contributed by atoms with Crippen LogP contribution in [0.25, 0.3) is 0 Å². The zero-order valence-electron chi connectivity index (χ0n) is 15.3. The second-order valence-electron chi connectivity index (χ2n) is 6.80. The molecule has 0 spiro atoms. The molecule has 0 fully saturated rings. The molecule has 26 heavy (non-hydrogen) atoms. The molecule has 0 aliphatic rings. The van der Waals surface area contributed by atoms with E-state index in [0.717, 1.165) is 0 Å². The maximum atomic E-state index is 12.1. The van der Waals surface area contributed by atoms with Crippen LogP contribution < -0.4 is 10.1 Å². The maximum Gasteiger partial charge on any atom is 0.339 e. The molecule has 0 unspecified atom stereocenters. The first kappa shape index (κ1) is 19.8. The van der Waals surface area contributed by atoms with Gasteiger partial charge in [0.05, 0.1) is 17.7 Å². The normalized spacial score (nSPS) is 11.0. The monoisotopic (exact) mass is 375 g/mol. The van der Waals surface area contributed by atoms with E-state index in [1.54, 1.807) is 6.07 Å². The largest absolute Gasteiger partial charge is 0.484 e. The molecule has 0 bridgehead atoms. The summed E-state index contributed by atoms with van der Waals surface area (Å²) in [6.45, 7) is 6.24. The van der Waals surface area contributed by atoms with Crippen molar-refractivity contribution in [2.75, 3.05) is 19.0 Å². The van der Waals surface area contributed by atoms with Crippen molar-refractivity contribution >= 4 is 29.2 Å². The van der Waals surface area contributed by atoms with Crippen LogP contribution in [0.3, 0.4) is 0 Å². The van der Waals surface area contributed by atoms with E-state index in [9.17, 15) is 9.59 Å². The number of nitrogens with one attached hydrogen (secondary N) is 1. The van der Waals surface area contributed by atoms with Crippen molar-refractivity contribution in [3.8, 4) is 5.75 Å². The smallest absolute Gasteiger partial charge is 0.339 e. The predicted octanol–water partition coefficient (Wildman–Crippen LogP) is 4.44. The lowest BCUT2D eigenvalue weighted by Crippen LogP contribution is -2.20. The van der Waals surface area contributed by atoms with Crippen molar-refractivity contribution in [1.82, 2.24) is 0 Å². The standard InChI is InChI=1S/C20H22ClNO4/c1-20(2,3)13-5-8-15(9-6-13)26-12-18(23)22-14-7-10-17(21)16(11-14)19(24)25-4/h5-11H,12H2,1-4H3,(H,22,23). The first-order valence-electron chi connectivity index (χ1n) is 8.12. The van der Waals surface area contributed by atoms with Gasteiger partial charge in [-0.05, 0) is 41.3 Å². The van der Waals surface area contributed by atoms with E-state index >= 15 is 0 Å². The van der Waals surface area contributed by atoms with Crippen molar-refractivity contribution < 1.29 is 19.1 Å². The summed E-state index contributed by atoms with van der Waals surface area (Å²) in [6.07, 6.45) is 0. The Morgan fingerprint density at radius 3 is 2.31 bits per heavy atom. The Morgan fingerprint density at radius 1 is 1.08 bits per heavy atom. The fraction of sp³-hybridized carbons (Fsp3) is 0.300. The van der Waals surface area contributed by atoms with Crippen molar-refractivity contribution in [3.05, 3.63) is 58.6 Å². The SMILES string of the molecule is COC(=O)c1cc(NC(=O)COc2ccc(C(C)(C)C)cc2)ccc1Cl. The molecule has 6 heteroatoms. The third-order valence-electron chi connectivity index (χ3n) is 3.75. The molecular weight excluding hydrogens is 354 g/mol. The Balaban J connectivity index is 1.96. The Labute approximate surface area is 158 Å². The van der Waals surface area contributed by atoms with E-state index < -0.39 is 5.97 Å². The number of hydrogen-bond donors (Lipinski definition) is 1. The number of ether oxygens (including phenoxy) is 2. The summed E-state index contributed by atoms with van der Waals surface area (Å²) in [7, 11) is 1.27. The number of hydrogen-bond acceptors (Lipinski definition) is 4. The molecule has 1 amide bonds. The van der Waals surface area contributed by atoms with Gasteiger partial charge in [0.1, 0.15) is 5.75 Å². The van der Waals surface area contributed by atoms with Crippen LogP contribution in [0.4, 0.5) is 5.69 Å². The van der Waals surface area contributed by atoms with Crippen molar-refractivity contribution in [2.45, 2.75) is 26.2 Å². The minimum absolute atomic E-state index is 0.0574. The maximum absolute atomic E-state index is 12.1. The number of carbonyl (C=O) groups excluding carboxylic acids is 2. The van der Waals surface area contributed by atoms with Gasteiger partial charge in [0.2, 0.25) is 0 Å². The zero-order chi connectivity index (χ0) is 19.3. The molecule has 5 nitrogen and oxygen atoms in total. The first-order chi connectivity index (χ1) is 12.2. The molecule has 2 rings (SSSR count). The number of halogens is 1. The quantitative estimate of drug-likeness (QED) is 0.784. The summed E-state index contributed by atoms with van der Waals surface area (Å²) in [4.78, 5) is 23.7. The lowest BCUT2D eigenvalue weighted by Gasteiger charge is -2.19. The molecular formula is C20H22ClNO4. The van der Waals surface area contributed by atoms with Crippen molar-refractivity contribution in [1.29, 1.82) is 0 Å². The van der Waals surface area contributed by atoms with Crippen LogP contribution in [-0.4, -0.2) is 25.6 Å². The van der Waals surface area contributed by atoms with E-state index in [1.807, 2.05) is 24.3 Å². The van der Waals surface area contributed by atoms with Crippen LogP contribution in [0, 0.1) is 0 Å². The van der Waals surface area contributed by atoms with Crippen LogP contribution in [0.1, 0.15) is 36.7 Å². The average molecular weight is 376 g/mol. The molecule has 2 aromatic carbocycles. The highest BCUT2D eigenvalue weighted by Gasteiger charge is 2.14. The average Bonchev–Trinajstić information content (AvgIpc) is 2.60. The van der Waals surface area contributed by atoms with Gasteiger partial charge in [-0.25, -0.2) is 4.79 Å². The summed E-state index contributed by atoms with van der Waals surface area (Å²) in [5.74, 6) is -0.302. The second-order valence-corrected chi connectivity index (χ2v) is 7.20. The van der Waals surface area contributed by atoms with Crippen molar-refractivity contribution in [2.24, 2.45) is 0 Å². The van der Waals surface area contributed by atoms with E-state index in [1.165, 1.54) is 24.8 Å². The summed E-state index contributed by atoms with van der Waals surface area (Å²) < 4.78 is 10.2. The molecule has 0 radical (unpaired) electrons. The highest BCUT2D eigenvalue weighted by atomic mass is 35.5. The molecule has 0 aliphatic carbocycles. The third-order valence-corrected chi connectivity index (χ3v) is 4.08. The van der Waals surface area contributed by atoms with Gasteiger partial charge in [-0.15, -0.1) is 0 Å². The fourth-order valence-electron chi connectivity index (χ4n) is 2.27. The van der Waals surface area contributed by atoms with Crippen LogP contribution in [-0.2, 0) is 14.9 Å². The van der Waals surface area contributed by atoms with E-state index in [2.05, 4.69) is 30.8 Å². The number of benzene rings is 2. The van der Waals surface area contributed by atoms with Crippen LogP contribution >= 0.6 is 11.6 Å². The summed E-state index contributed by atoms with van der Waals surface area (Å²) in [5, 5.41) is 2.92. The minimum atomic E-state index is -0.568. The summed E-state index contributed by atoms with van der Waals surface area (Å²) >= 11 is 5.95. The third kappa shape index (κ3) is 5.23. The number of anilines is 1. The first-order valence-corrected chi connectivity index (χ1v) is 8.49. The Hall–Kier alpha value is -2.53. The molecule has 0 aromatic heterocycles. The Morgan fingerprint density at radius 2 is 1.73 bits per heavy atom. The van der Waals surface area contributed by atoms with Gasteiger partial charge in [0.25, 0.3) is 5.91 Å². The lowest BCUT2D eigenvalue weighted by atomic mass is 9.87. The van der Waals surface area contributed by atoms with Crippen LogP contribution in [0.5, 0.6) is 5.75 Å². The summed E-state index contributed by atoms with van der Waals surface area (Å²) in [5.41, 5.74) is 1.87. The van der Waals surface area contributed by atoms with Gasteiger partial charge in [-0.1, -0.05) is 44.5 Å². The van der Waals surface area contributed by atoms with E-state index in [0.29, 0.717) is 11.4 Å². The van der Waals surface area contributed by atoms with E-state index in [-0.39, 0.29) is 28.5 Å². The number of amides is 1. The van der Waals surface area contributed by atoms with Gasteiger partial charge in [0, 0.05) is 5.69 Å². The summed E-state index contributed by atoms with van der Waals surface area (Å²) in [6, 6.07) is 12.2. The van der Waals surface area contributed by atoms with Gasteiger partial charge < -0.3 is 14.8 Å². The Bertz CT molecular complexity index is 794. The van der Waals surface area contributed by atoms with E-state index in [4.69, 9.17) is 16.3 Å². The van der Waals surface area contributed by atoms with Gasteiger partial charge in [-0.2, -0.15) is 0 Å². The molecule has 0 saturated carbocycles. The minimum Gasteiger partial charge on any atom is -0.484 e. The Kier molecular flexibility index (Phi) is 6.27. The van der Waals surface area contributed by atoms with Crippen LogP contribution in [0.2, 0.25) is 5.02 Å². The zero-order valence-corrected chi connectivity index (χ0v) is 16.0. The highest BCUT2D eigenvalue weighted by molar-refractivity contribution is 6.33. The number of esters is 1. The molecule has 0 aliphatic heterocycles. The molecule has 1 N–H and O–H groups in total. The lowest BCUT2D eigenvalue weighted by molar-refractivity contribution is -0.118. The number of rotatable bonds is 5. The van der Waals surface area contributed by atoms with Crippen molar-refractivity contribution in [3.63, 3.8) is 0 Å². The van der Waals surface area contributed by atoms with Crippen LogP contribution in [0.15, 0.2) is 42.5 Å². The highest BCUT2D eigenvalue weighted by Crippen LogP contribution is 2.24. The molecule has 0 saturated heterocycles. The van der Waals surface area contributed by atoms with Gasteiger partial charge in [0.15, 0.2) is 6.61 Å². The number of methoxy groups -OCH3 is 1. The fourth-order valence-corrected chi connectivity index (χ4v) is 2.46. The molecule has 0 heterocycles. The topological polar surface area (TPSA) is 64.6 Å².